The smallest absolute Gasteiger partial charge is 0.387 e. The quantitative estimate of drug-likeness (QED) is 0.877. The highest BCUT2D eigenvalue weighted by Gasteiger charge is 2.22. The predicted molar refractivity (Wildman–Crippen MR) is 65.6 cm³/mol. The molecule has 0 aliphatic carbocycles. The van der Waals surface area contributed by atoms with Gasteiger partial charge in [-0.3, -0.25) is 4.90 Å². The Kier molecular flexibility index (Phi) is 4.49. The molecule has 1 aliphatic rings. The lowest BCUT2D eigenvalue weighted by Crippen LogP contribution is -2.34. The Morgan fingerprint density at radius 1 is 1.33 bits per heavy atom. The van der Waals surface area contributed by atoms with Gasteiger partial charge in [0, 0.05) is 19.1 Å². The van der Waals surface area contributed by atoms with Crippen LogP contribution >= 0.6 is 0 Å². The maximum Gasteiger partial charge on any atom is 0.387 e. The Labute approximate surface area is 106 Å². The van der Waals surface area contributed by atoms with Crippen molar-refractivity contribution in [1.29, 1.82) is 0 Å². The van der Waals surface area contributed by atoms with Crippen molar-refractivity contribution in [2.45, 2.75) is 32.0 Å². The molecule has 2 rings (SSSR count). The van der Waals surface area contributed by atoms with Crippen LogP contribution < -0.4 is 10.5 Å². The van der Waals surface area contributed by atoms with Crippen molar-refractivity contribution in [1.82, 2.24) is 4.90 Å². The van der Waals surface area contributed by atoms with Gasteiger partial charge in [0.1, 0.15) is 5.75 Å². The molecular weight excluding hydrogens is 238 g/mol. The molecular formula is C13H18F2N2O. The topological polar surface area (TPSA) is 38.5 Å². The van der Waals surface area contributed by atoms with Crippen molar-refractivity contribution in [2.24, 2.45) is 5.73 Å². The van der Waals surface area contributed by atoms with E-state index in [9.17, 15) is 8.78 Å². The summed E-state index contributed by atoms with van der Waals surface area (Å²) in [5.41, 5.74) is 6.81. The first-order chi connectivity index (χ1) is 8.69. The van der Waals surface area contributed by atoms with Gasteiger partial charge in [0.25, 0.3) is 0 Å². The van der Waals surface area contributed by atoms with Gasteiger partial charge in [-0.2, -0.15) is 8.78 Å². The molecule has 1 heterocycles. The van der Waals surface area contributed by atoms with Crippen molar-refractivity contribution in [3.8, 4) is 5.75 Å². The standard InChI is InChI=1S/C13H18F2N2O/c14-13(15)18-12-5-3-10(4-6-12)9-17-7-1-2-11(17)8-16/h3-6,11,13H,1-2,7-9,16H2. The molecule has 0 spiro atoms. The zero-order chi connectivity index (χ0) is 13.0. The van der Waals surface area contributed by atoms with E-state index in [0.29, 0.717) is 12.6 Å². The van der Waals surface area contributed by atoms with Gasteiger partial charge in [-0.25, -0.2) is 0 Å². The van der Waals surface area contributed by atoms with Crippen LogP contribution in [0.5, 0.6) is 5.75 Å². The molecule has 1 aromatic carbocycles. The minimum absolute atomic E-state index is 0.200. The van der Waals surface area contributed by atoms with Crippen molar-refractivity contribution in [2.75, 3.05) is 13.1 Å². The lowest BCUT2D eigenvalue weighted by Gasteiger charge is -2.23. The fourth-order valence-corrected chi connectivity index (χ4v) is 2.38. The van der Waals surface area contributed by atoms with E-state index in [4.69, 9.17) is 5.73 Å². The van der Waals surface area contributed by atoms with E-state index in [1.807, 2.05) is 12.1 Å². The Balaban J connectivity index is 1.93. The third-order valence-corrected chi connectivity index (χ3v) is 3.31. The van der Waals surface area contributed by atoms with Crippen LogP contribution in [-0.2, 0) is 6.54 Å². The third kappa shape index (κ3) is 3.40. The summed E-state index contributed by atoms with van der Waals surface area (Å²) in [5, 5.41) is 0. The zero-order valence-corrected chi connectivity index (χ0v) is 10.2. The monoisotopic (exact) mass is 256 g/mol. The summed E-state index contributed by atoms with van der Waals surface area (Å²) in [7, 11) is 0. The number of halogens is 2. The molecule has 2 N–H and O–H groups in total. The maximum atomic E-state index is 12.0. The number of hydrogen-bond acceptors (Lipinski definition) is 3. The van der Waals surface area contributed by atoms with Gasteiger partial charge in [-0.05, 0) is 37.1 Å². The third-order valence-electron chi connectivity index (χ3n) is 3.31. The maximum absolute atomic E-state index is 12.0. The van der Waals surface area contributed by atoms with E-state index in [2.05, 4.69) is 9.64 Å². The summed E-state index contributed by atoms with van der Waals surface area (Å²) in [6.45, 7) is -0.225. The number of nitrogens with two attached hydrogens (primary N) is 1. The van der Waals surface area contributed by atoms with Gasteiger partial charge >= 0.3 is 6.61 Å². The number of ether oxygens (including phenoxy) is 1. The fraction of sp³-hybridized carbons (Fsp3) is 0.538. The first-order valence-corrected chi connectivity index (χ1v) is 6.17. The second-order valence-corrected chi connectivity index (χ2v) is 4.52. The highest BCUT2D eigenvalue weighted by Crippen LogP contribution is 2.21. The Morgan fingerprint density at radius 2 is 2.06 bits per heavy atom. The average Bonchev–Trinajstić information content (AvgIpc) is 2.78. The molecule has 0 radical (unpaired) electrons. The molecule has 1 atom stereocenters. The SMILES string of the molecule is NCC1CCCN1Cc1ccc(OC(F)F)cc1. The van der Waals surface area contributed by atoms with Gasteiger partial charge in [-0.1, -0.05) is 12.1 Å². The molecule has 18 heavy (non-hydrogen) atoms. The van der Waals surface area contributed by atoms with Crippen LogP contribution in [0.15, 0.2) is 24.3 Å². The van der Waals surface area contributed by atoms with Crippen LogP contribution in [0, 0.1) is 0 Å². The second kappa shape index (κ2) is 6.11. The first-order valence-electron chi connectivity index (χ1n) is 6.17. The van der Waals surface area contributed by atoms with E-state index in [1.165, 1.54) is 6.42 Å². The molecule has 5 heteroatoms. The van der Waals surface area contributed by atoms with E-state index in [0.717, 1.165) is 25.1 Å². The lowest BCUT2D eigenvalue weighted by atomic mass is 10.2. The van der Waals surface area contributed by atoms with Gasteiger partial charge in [-0.15, -0.1) is 0 Å². The molecule has 0 aromatic heterocycles. The van der Waals surface area contributed by atoms with E-state index >= 15 is 0 Å². The Hall–Kier alpha value is -1.20. The van der Waals surface area contributed by atoms with E-state index in [1.54, 1.807) is 12.1 Å². The highest BCUT2D eigenvalue weighted by molar-refractivity contribution is 5.27. The average molecular weight is 256 g/mol. The number of hydrogen-bond donors (Lipinski definition) is 1. The summed E-state index contributed by atoms with van der Waals surface area (Å²) in [6.07, 6.45) is 2.32. The largest absolute Gasteiger partial charge is 0.435 e. The Morgan fingerprint density at radius 3 is 2.67 bits per heavy atom. The molecule has 100 valence electrons. The summed E-state index contributed by atoms with van der Waals surface area (Å²) in [5.74, 6) is 0.200. The van der Waals surface area contributed by atoms with Crippen molar-refractivity contribution < 1.29 is 13.5 Å². The van der Waals surface area contributed by atoms with E-state index < -0.39 is 6.61 Å². The fourth-order valence-electron chi connectivity index (χ4n) is 2.38. The molecule has 1 unspecified atom stereocenters. The molecule has 1 saturated heterocycles. The zero-order valence-electron chi connectivity index (χ0n) is 10.2. The first kappa shape index (κ1) is 13.2. The number of nitrogens with zero attached hydrogens (tertiary/aromatic N) is 1. The highest BCUT2D eigenvalue weighted by atomic mass is 19.3. The summed E-state index contributed by atoms with van der Waals surface area (Å²) in [4.78, 5) is 2.34. The summed E-state index contributed by atoms with van der Waals surface area (Å²) in [6, 6.07) is 7.25. The number of likely N-dealkylation sites (tertiary alicyclic amines) is 1. The minimum Gasteiger partial charge on any atom is -0.435 e. The molecule has 0 amide bonds. The van der Waals surface area contributed by atoms with Gasteiger partial charge in [0.15, 0.2) is 0 Å². The number of benzene rings is 1. The van der Waals surface area contributed by atoms with Crippen molar-refractivity contribution in [3.05, 3.63) is 29.8 Å². The molecule has 1 aromatic rings. The number of alkyl halides is 2. The van der Waals surface area contributed by atoms with E-state index in [-0.39, 0.29) is 5.75 Å². The Bertz CT molecular complexity index is 370. The van der Waals surface area contributed by atoms with Crippen LogP contribution in [0.3, 0.4) is 0 Å². The van der Waals surface area contributed by atoms with Gasteiger partial charge < -0.3 is 10.5 Å². The summed E-state index contributed by atoms with van der Waals surface area (Å²) < 4.78 is 28.3. The van der Waals surface area contributed by atoms with Crippen LogP contribution in [0.4, 0.5) is 8.78 Å². The van der Waals surface area contributed by atoms with Crippen LogP contribution in [0.1, 0.15) is 18.4 Å². The minimum atomic E-state index is -2.77. The normalized spacial score (nSPS) is 20.6. The molecule has 3 nitrogen and oxygen atoms in total. The lowest BCUT2D eigenvalue weighted by molar-refractivity contribution is -0.0498. The number of rotatable bonds is 5. The molecule has 1 aliphatic heterocycles. The molecule has 0 saturated carbocycles. The van der Waals surface area contributed by atoms with Gasteiger partial charge in [0.2, 0.25) is 0 Å². The van der Waals surface area contributed by atoms with Crippen molar-refractivity contribution in [3.63, 3.8) is 0 Å². The van der Waals surface area contributed by atoms with Crippen LogP contribution in [0.25, 0.3) is 0 Å². The molecule has 1 fully saturated rings. The second-order valence-electron chi connectivity index (χ2n) is 4.52. The van der Waals surface area contributed by atoms with Crippen molar-refractivity contribution >= 4 is 0 Å². The summed E-state index contributed by atoms with van der Waals surface area (Å²) >= 11 is 0. The molecule has 0 bridgehead atoms. The predicted octanol–water partition coefficient (Wildman–Crippen LogP) is 2.21. The van der Waals surface area contributed by atoms with Gasteiger partial charge in [0.05, 0.1) is 0 Å². The van der Waals surface area contributed by atoms with Crippen LogP contribution in [-0.4, -0.2) is 30.6 Å². The van der Waals surface area contributed by atoms with Crippen LogP contribution in [0.2, 0.25) is 0 Å².